The van der Waals surface area contributed by atoms with Gasteiger partial charge >= 0.3 is 0 Å². The second-order valence-corrected chi connectivity index (χ2v) is 11.7. The molecular formula is C29H31F5N8O5. The molecule has 18 heteroatoms. The van der Waals surface area contributed by atoms with Gasteiger partial charge in [0, 0.05) is 24.7 Å². The molecule has 2 aliphatic heterocycles. The highest BCUT2D eigenvalue weighted by Crippen LogP contribution is 2.34. The summed E-state index contributed by atoms with van der Waals surface area (Å²) in [5.41, 5.74) is 5.57. The van der Waals surface area contributed by atoms with Gasteiger partial charge in [0.25, 0.3) is 6.43 Å². The summed E-state index contributed by atoms with van der Waals surface area (Å²) < 4.78 is 76.6. The number of fused-ring (bicyclic) bond motifs is 1. The lowest BCUT2D eigenvalue weighted by atomic mass is 9.84. The van der Waals surface area contributed by atoms with Gasteiger partial charge < -0.3 is 45.7 Å². The zero-order chi connectivity index (χ0) is 33.6. The summed E-state index contributed by atoms with van der Waals surface area (Å²) in [6.45, 7) is -0.0911. The van der Waals surface area contributed by atoms with E-state index >= 15 is 0 Å². The number of aromatic nitrogens is 5. The molecule has 47 heavy (non-hydrogen) atoms. The fourth-order valence-electron chi connectivity index (χ4n) is 5.93. The highest BCUT2D eigenvalue weighted by atomic mass is 19.3. The number of pyridine rings is 1. The van der Waals surface area contributed by atoms with Gasteiger partial charge in [-0.25, -0.2) is 36.9 Å². The van der Waals surface area contributed by atoms with E-state index in [4.69, 9.17) is 10.5 Å². The summed E-state index contributed by atoms with van der Waals surface area (Å²) in [5, 5.41) is 43.2. The van der Waals surface area contributed by atoms with Crippen LogP contribution in [-0.4, -0.2) is 107 Å². The highest BCUT2D eigenvalue weighted by Gasteiger charge is 2.43. The van der Waals surface area contributed by atoms with Crippen LogP contribution in [0.4, 0.5) is 33.5 Å². The lowest BCUT2D eigenvalue weighted by Gasteiger charge is -2.44. The minimum atomic E-state index is -3.08. The Morgan fingerprint density at radius 3 is 2.55 bits per heavy atom. The first-order chi connectivity index (χ1) is 22.4. The van der Waals surface area contributed by atoms with Gasteiger partial charge in [-0.2, -0.15) is 0 Å². The Morgan fingerprint density at radius 1 is 1.02 bits per heavy atom. The Bertz CT molecular complexity index is 1770. The predicted molar refractivity (Wildman–Crippen MR) is 156 cm³/mol. The molecular weight excluding hydrogens is 635 g/mol. The van der Waals surface area contributed by atoms with Gasteiger partial charge in [0.2, 0.25) is 0 Å². The molecule has 252 valence electrons. The van der Waals surface area contributed by atoms with Gasteiger partial charge in [0.15, 0.2) is 34.8 Å². The summed E-state index contributed by atoms with van der Waals surface area (Å²) >= 11 is 0. The predicted octanol–water partition coefficient (Wildman–Crippen LogP) is 1.13. The van der Waals surface area contributed by atoms with Crippen LogP contribution in [0.3, 0.4) is 0 Å². The fraction of sp³-hybridized carbons (Fsp3) is 0.448. The van der Waals surface area contributed by atoms with E-state index in [0.29, 0.717) is 36.3 Å². The van der Waals surface area contributed by atoms with Crippen molar-refractivity contribution in [3.8, 4) is 11.3 Å². The summed E-state index contributed by atoms with van der Waals surface area (Å²) in [6.07, 6.45) is -6.13. The first kappa shape index (κ1) is 32.9. The quantitative estimate of drug-likeness (QED) is 0.116. The molecule has 0 aliphatic carbocycles. The van der Waals surface area contributed by atoms with Gasteiger partial charge in [-0.3, -0.25) is 4.98 Å². The number of nitrogens with two attached hydrogens (primary N) is 1. The van der Waals surface area contributed by atoms with Gasteiger partial charge in [0.05, 0.1) is 42.6 Å². The number of hydrogen-bond donors (Lipinski definition) is 6. The summed E-state index contributed by atoms with van der Waals surface area (Å²) in [5.74, 6) is -3.59. The van der Waals surface area contributed by atoms with Crippen molar-refractivity contribution in [2.75, 3.05) is 29.9 Å². The first-order valence-electron chi connectivity index (χ1n) is 14.6. The van der Waals surface area contributed by atoms with Crippen LogP contribution in [0.2, 0.25) is 0 Å². The number of alkyl halides is 2. The van der Waals surface area contributed by atoms with Crippen LogP contribution in [0, 0.1) is 17.5 Å². The molecule has 6 atom stereocenters. The number of aliphatic hydroxyl groups is 4. The van der Waals surface area contributed by atoms with Crippen molar-refractivity contribution in [3.63, 3.8) is 0 Å². The number of nitrogens with zero attached hydrogens (tertiary/aromatic N) is 6. The Kier molecular flexibility index (Phi) is 8.98. The molecule has 0 amide bonds. The van der Waals surface area contributed by atoms with Crippen LogP contribution in [-0.2, 0) is 11.3 Å². The molecule has 7 N–H and O–H groups in total. The smallest absolute Gasteiger partial charge is 0.265 e. The number of ether oxygens (including phenoxy) is 1. The number of anilines is 2. The molecule has 0 radical (unpaired) electrons. The maximum Gasteiger partial charge on any atom is 0.265 e. The molecule has 6 rings (SSSR count). The molecule has 1 aromatic carbocycles. The Labute approximate surface area is 263 Å². The van der Waals surface area contributed by atoms with Crippen molar-refractivity contribution in [2.24, 2.45) is 5.73 Å². The number of rotatable bonds is 8. The van der Waals surface area contributed by atoms with Crippen molar-refractivity contribution in [1.82, 2.24) is 24.5 Å². The molecule has 0 spiro atoms. The second kappa shape index (κ2) is 12.9. The number of halogens is 5. The lowest BCUT2D eigenvalue weighted by molar-refractivity contribution is -0.178. The van der Waals surface area contributed by atoms with E-state index in [1.54, 1.807) is 9.47 Å². The van der Waals surface area contributed by atoms with Crippen molar-refractivity contribution in [1.29, 1.82) is 0 Å². The number of aliphatic hydroxyl groups excluding tert-OH is 4. The normalized spacial score (nSPS) is 25.8. The number of benzene rings is 1. The minimum Gasteiger partial charge on any atom is -0.388 e. The Hall–Kier alpha value is -4.07. The third kappa shape index (κ3) is 6.31. The second-order valence-electron chi connectivity index (χ2n) is 11.7. The molecule has 3 aromatic heterocycles. The zero-order valence-electron chi connectivity index (χ0n) is 24.5. The number of nitrogens with one attached hydrogen (secondary N) is 1. The Morgan fingerprint density at radius 2 is 1.79 bits per heavy atom. The standard InChI is InChI=1S/C29H31F5N8O5/c30-15-6-17(32)16(31)5-14(15)18-4-13(19(7-36-18)41-3-1-2-29(35,10-41)24(46)25(33)34)8-42-12-39-21-26(37-11-38-27(21)42)40-28-23(45)22(44)20(43)9-47-28/h4-7,11-12,20,22-25,28,43-46H,1-3,8-10,35H2,(H,37,38,40)/t20?,22?,23?,24-,28?,29-/m1/s1. The topological polar surface area (TPSA) is 188 Å². The minimum absolute atomic E-state index is 0.0258. The molecule has 13 nitrogen and oxygen atoms in total. The monoisotopic (exact) mass is 666 g/mol. The Balaban J connectivity index is 1.38. The van der Waals surface area contributed by atoms with Crippen LogP contribution in [0.25, 0.3) is 22.4 Å². The van der Waals surface area contributed by atoms with Crippen LogP contribution >= 0.6 is 0 Å². The van der Waals surface area contributed by atoms with Crippen LogP contribution in [0.5, 0.6) is 0 Å². The maximum absolute atomic E-state index is 14.8. The zero-order valence-corrected chi connectivity index (χ0v) is 24.5. The summed E-state index contributed by atoms with van der Waals surface area (Å²) in [4.78, 5) is 18.8. The van der Waals surface area contributed by atoms with Crippen LogP contribution in [0.1, 0.15) is 18.4 Å². The molecule has 4 aromatic rings. The molecule has 2 aliphatic rings. The fourth-order valence-corrected chi connectivity index (χ4v) is 5.93. The van der Waals surface area contributed by atoms with Gasteiger partial charge in [-0.05, 0) is 30.5 Å². The van der Waals surface area contributed by atoms with E-state index in [2.05, 4.69) is 25.3 Å². The average molecular weight is 667 g/mol. The SMILES string of the molecule is N[C@]1([C@H](O)C(F)F)CCCN(c2cnc(-c3cc(F)c(F)cc3F)cc2Cn2cnc3c(NC4OCC(O)C(O)C4O)ncnc32)C1. The van der Waals surface area contributed by atoms with E-state index in [0.717, 1.165) is 0 Å². The molecule has 0 saturated carbocycles. The molecule has 2 saturated heterocycles. The highest BCUT2D eigenvalue weighted by molar-refractivity contribution is 5.83. The third-order valence-corrected chi connectivity index (χ3v) is 8.50. The molecule has 4 unspecified atom stereocenters. The van der Waals surface area contributed by atoms with E-state index in [-0.39, 0.29) is 54.4 Å². The average Bonchev–Trinajstić information content (AvgIpc) is 3.46. The van der Waals surface area contributed by atoms with Crippen molar-refractivity contribution < 1.29 is 47.1 Å². The van der Waals surface area contributed by atoms with Crippen molar-refractivity contribution >= 4 is 22.7 Å². The van der Waals surface area contributed by atoms with Crippen LogP contribution in [0.15, 0.2) is 37.1 Å². The largest absolute Gasteiger partial charge is 0.388 e. The van der Waals surface area contributed by atoms with E-state index in [1.807, 2.05) is 0 Å². The van der Waals surface area contributed by atoms with Crippen LogP contribution < -0.4 is 16.0 Å². The molecule has 0 bridgehead atoms. The molecule has 5 heterocycles. The molecule has 2 fully saturated rings. The maximum atomic E-state index is 14.8. The van der Waals surface area contributed by atoms with Crippen molar-refractivity contribution in [3.05, 3.63) is 60.1 Å². The number of imidazole rings is 1. The third-order valence-electron chi connectivity index (χ3n) is 8.50. The first-order valence-corrected chi connectivity index (χ1v) is 14.6. The number of piperidine rings is 1. The summed E-state index contributed by atoms with van der Waals surface area (Å²) in [7, 11) is 0. The van der Waals surface area contributed by atoms with E-state index in [1.165, 1.54) is 24.9 Å². The van der Waals surface area contributed by atoms with Gasteiger partial charge in [-0.1, -0.05) is 0 Å². The van der Waals surface area contributed by atoms with Crippen molar-refractivity contribution in [2.45, 2.75) is 62.0 Å². The van der Waals surface area contributed by atoms with Gasteiger partial charge in [-0.15, -0.1) is 0 Å². The van der Waals surface area contributed by atoms with E-state index < -0.39 is 60.1 Å². The number of hydrogen-bond acceptors (Lipinski definition) is 12. The lowest BCUT2D eigenvalue weighted by Crippen LogP contribution is -2.63. The summed E-state index contributed by atoms with van der Waals surface area (Å²) in [6, 6.07) is 2.52. The van der Waals surface area contributed by atoms with E-state index in [9.17, 15) is 42.4 Å². The van der Waals surface area contributed by atoms with Gasteiger partial charge in [0.1, 0.15) is 36.6 Å².